The second-order valence-corrected chi connectivity index (χ2v) is 5.32. The Morgan fingerprint density at radius 2 is 2.11 bits per heavy atom. The molecule has 19 heavy (non-hydrogen) atoms. The molecular weight excluding hydrogens is 238 g/mol. The van der Waals surface area contributed by atoms with E-state index in [1.54, 1.807) is 10.7 Å². The largest absolute Gasteiger partial charge is 0.356 e. The minimum Gasteiger partial charge on any atom is -0.356 e. The van der Waals surface area contributed by atoms with Gasteiger partial charge in [-0.3, -0.25) is 0 Å². The van der Waals surface area contributed by atoms with Crippen molar-refractivity contribution < 1.29 is 0 Å². The van der Waals surface area contributed by atoms with E-state index in [2.05, 4.69) is 33.3 Å². The van der Waals surface area contributed by atoms with Gasteiger partial charge < -0.3 is 10.2 Å². The third kappa shape index (κ3) is 2.42. The highest BCUT2D eigenvalue weighted by atomic mass is 15.3. The zero-order chi connectivity index (χ0) is 13.2. The van der Waals surface area contributed by atoms with Gasteiger partial charge in [0.1, 0.15) is 5.82 Å². The Bertz CT molecular complexity index is 542. The van der Waals surface area contributed by atoms with Gasteiger partial charge in [0.15, 0.2) is 5.65 Å². The third-order valence-corrected chi connectivity index (χ3v) is 4.27. The molecule has 0 saturated carbocycles. The van der Waals surface area contributed by atoms with Crippen molar-refractivity contribution in [3.8, 4) is 0 Å². The number of fused-ring (bicyclic) bond motifs is 1. The summed E-state index contributed by atoms with van der Waals surface area (Å²) in [5.74, 6) is 1.85. The molecule has 0 aromatic carbocycles. The van der Waals surface area contributed by atoms with Gasteiger partial charge in [-0.1, -0.05) is 0 Å². The number of hydrogen-bond acceptors (Lipinski definition) is 4. The van der Waals surface area contributed by atoms with E-state index in [9.17, 15) is 0 Å². The van der Waals surface area contributed by atoms with Crippen molar-refractivity contribution in [2.45, 2.75) is 25.8 Å². The number of hydrogen-bond donors (Lipinski definition) is 1. The molecule has 5 nitrogen and oxygen atoms in total. The molecular formula is C14H21N5. The van der Waals surface area contributed by atoms with Gasteiger partial charge in [-0.2, -0.15) is 5.10 Å². The molecule has 3 rings (SSSR count). The first-order valence-corrected chi connectivity index (χ1v) is 7.00. The van der Waals surface area contributed by atoms with E-state index in [-0.39, 0.29) is 0 Å². The lowest BCUT2D eigenvalue weighted by atomic mass is 9.90. The predicted molar refractivity (Wildman–Crippen MR) is 76.4 cm³/mol. The number of nitrogens with zero attached hydrogens (tertiary/aromatic N) is 4. The van der Waals surface area contributed by atoms with E-state index in [0.717, 1.165) is 30.5 Å². The first-order chi connectivity index (χ1) is 9.28. The molecule has 102 valence electrons. The zero-order valence-corrected chi connectivity index (χ0v) is 11.6. The Kier molecular flexibility index (Phi) is 3.38. The molecule has 0 amide bonds. The van der Waals surface area contributed by atoms with E-state index in [1.807, 2.05) is 19.3 Å². The molecule has 0 bridgehead atoms. The van der Waals surface area contributed by atoms with Crippen LogP contribution in [0, 0.1) is 5.92 Å². The summed E-state index contributed by atoms with van der Waals surface area (Å²) in [6.45, 7) is 4.46. The quantitative estimate of drug-likeness (QED) is 0.908. The molecule has 5 heteroatoms. The van der Waals surface area contributed by atoms with Crippen molar-refractivity contribution in [2.24, 2.45) is 5.92 Å². The summed E-state index contributed by atoms with van der Waals surface area (Å²) in [5.41, 5.74) is 0.920. The van der Waals surface area contributed by atoms with Crippen LogP contribution in [0.15, 0.2) is 24.5 Å². The number of anilines is 1. The molecule has 1 fully saturated rings. The second kappa shape index (κ2) is 5.17. The highest BCUT2D eigenvalue weighted by Gasteiger charge is 2.23. The van der Waals surface area contributed by atoms with Crippen LogP contribution in [0.2, 0.25) is 0 Å². The van der Waals surface area contributed by atoms with Crippen molar-refractivity contribution in [3.05, 3.63) is 24.5 Å². The summed E-state index contributed by atoms with van der Waals surface area (Å²) in [6, 6.07) is 4.61. The first kappa shape index (κ1) is 12.4. The van der Waals surface area contributed by atoms with Gasteiger partial charge in [0.2, 0.25) is 0 Å². The molecule has 1 atom stereocenters. The molecule has 1 unspecified atom stereocenters. The lowest BCUT2D eigenvalue weighted by Crippen LogP contribution is -2.41. The van der Waals surface area contributed by atoms with Crippen molar-refractivity contribution in [3.63, 3.8) is 0 Å². The molecule has 2 aromatic heterocycles. The van der Waals surface area contributed by atoms with Crippen LogP contribution < -0.4 is 10.2 Å². The van der Waals surface area contributed by atoms with E-state index in [0.29, 0.717) is 6.04 Å². The van der Waals surface area contributed by atoms with E-state index < -0.39 is 0 Å². The van der Waals surface area contributed by atoms with E-state index >= 15 is 0 Å². The van der Waals surface area contributed by atoms with Crippen molar-refractivity contribution in [2.75, 3.05) is 25.0 Å². The fourth-order valence-corrected chi connectivity index (χ4v) is 2.84. The van der Waals surface area contributed by atoms with Crippen molar-refractivity contribution in [1.82, 2.24) is 19.9 Å². The standard InChI is InChI=1S/C14H21N5/c1-11(15-2)12-4-8-18(9-5-12)13-6-10-19-14(17-13)3-7-16-19/h3,6-7,10-12,15H,4-5,8-9H2,1-2H3. The van der Waals surface area contributed by atoms with Crippen LogP contribution in [0.1, 0.15) is 19.8 Å². The maximum Gasteiger partial charge on any atom is 0.157 e. The van der Waals surface area contributed by atoms with Gasteiger partial charge in [0.05, 0.1) is 6.20 Å². The van der Waals surface area contributed by atoms with Crippen molar-refractivity contribution >= 4 is 11.5 Å². The van der Waals surface area contributed by atoms with Gasteiger partial charge in [0.25, 0.3) is 0 Å². The van der Waals surface area contributed by atoms with Gasteiger partial charge >= 0.3 is 0 Å². The SMILES string of the molecule is CNC(C)C1CCN(c2ccn3nccc3n2)CC1. The van der Waals surface area contributed by atoms with Crippen molar-refractivity contribution in [1.29, 1.82) is 0 Å². The smallest absolute Gasteiger partial charge is 0.157 e. The van der Waals surface area contributed by atoms with Gasteiger partial charge in [-0.15, -0.1) is 0 Å². The molecule has 1 aliphatic heterocycles. The van der Waals surface area contributed by atoms with Crippen LogP contribution in [0.5, 0.6) is 0 Å². The molecule has 0 radical (unpaired) electrons. The Labute approximate surface area is 113 Å². The van der Waals surface area contributed by atoms with Gasteiger partial charge in [-0.25, -0.2) is 9.50 Å². The van der Waals surface area contributed by atoms with Gasteiger partial charge in [-0.05, 0) is 38.8 Å². The average molecular weight is 259 g/mol. The summed E-state index contributed by atoms with van der Waals surface area (Å²) in [7, 11) is 2.05. The fraction of sp³-hybridized carbons (Fsp3) is 0.571. The molecule has 0 spiro atoms. The molecule has 1 saturated heterocycles. The third-order valence-electron chi connectivity index (χ3n) is 4.27. The number of rotatable bonds is 3. The summed E-state index contributed by atoms with van der Waals surface area (Å²) in [4.78, 5) is 7.04. The highest BCUT2D eigenvalue weighted by Crippen LogP contribution is 2.24. The summed E-state index contributed by atoms with van der Waals surface area (Å²) >= 11 is 0. The topological polar surface area (TPSA) is 45.5 Å². The molecule has 0 aliphatic carbocycles. The minimum atomic E-state index is 0.604. The van der Waals surface area contributed by atoms with Crippen LogP contribution in [0.25, 0.3) is 5.65 Å². The Hall–Kier alpha value is -1.62. The van der Waals surface area contributed by atoms with Crippen LogP contribution in [0.3, 0.4) is 0 Å². The van der Waals surface area contributed by atoms with Crippen LogP contribution in [0.4, 0.5) is 5.82 Å². The van der Waals surface area contributed by atoms with Crippen LogP contribution >= 0.6 is 0 Å². The maximum atomic E-state index is 4.66. The zero-order valence-electron chi connectivity index (χ0n) is 11.6. The normalized spacial score (nSPS) is 18.9. The number of aromatic nitrogens is 3. The summed E-state index contributed by atoms with van der Waals surface area (Å²) in [5, 5.41) is 7.54. The monoisotopic (exact) mass is 259 g/mol. The molecule has 1 N–H and O–H groups in total. The summed E-state index contributed by atoms with van der Waals surface area (Å²) in [6.07, 6.45) is 6.23. The minimum absolute atomic E-state index is 0.604. The maximum absolute atomic E-state index is 4.66. The lowest BCUT2D eigenvalue weighted by molar-refractivity contribution is 0.323. The lowest BCUT2D eigenvalue weighted by Gasteiger charge is -2.35. The molecule has 2 aromatic rings. The summed E-state index contributed by atoms with van der Waals surface area (Å²) < 4.78 is 1.80. The number of piperidine rings is 1. The van der Waals surface area contributed by atoms with E-state index in [4.69, 9.17) is 0 Å². The van der Waals surface area contributed by atoms with Crippen LogP contribution in [-0.4, -0.2) is 40.8 Å². The van der Waals surface area contributed by atoms with Gasteiger partial charge in [0, 0.05) is 31.4 Å². The number of nitrogens with one attached hydrogen (secondary N) is 1. The first-order valence-electron chi connectivity index (χ1n) is 7.00. The molecule has 1 aliphatic rings. The Morgan fingerprint density at radius 3 is 2.84 bits per heavy atom. The second-order valence-electron chi connectivity index (χ2n) is 5.32. The molecule has 3 heterocycles. The Balaban J connectivity index is 1.70. The Morgan fingerprint density at radius 1 is 1.32 bits per heavy atom. The van der Waals surface area contributed by atoms with E-state index in [1.165, 1.54) is 12.8 Å². The average Bonchev–Trinajstić information content (AvgIpc) is 2.94. The predicted octanol–water partition coefficient (Wildman–Crippen LogP) is 1.55. The fourth-order valence-electron chi connectivity index (χ4n) is 2.84. The highest BCUT2D eigenvalue weighted by molar-refractivity contribution is 5.47. The van der Waals surface area contributed by atoms with Crippen LogP contribution in [-0.2, 0) is 0 Å².